The van der Waals surface area contributed by atoms with Crippen LogP contribution in [0.4, 0.5) is 24.5 Å². The van der Waals surface area contributed by atoms with Gasteiger partial charge in [-0.25, -0.2) is 4.90 Å². The molecule has 1 N–H and O–H groups in total. The van der Waals surface area contributed by atoms with Crippen LogP contribution in [-0.4, -0.2) is 27.5 Å². The highest BCUT2D eigenvalue weighted by atomic mass is 35.5. The van der Waals surface area contributed by atoms with Crippen molar-refractivity contribution in [1.82, 2.24) is 4.57 Å². The molecule has 44 heavy (non-hydrogen) atoms. The molecule has 1 aromatic heterocycles. The standard InChI is InChI=1S/C29H17Cl3F3N3O4S2/c30-14-7-9-15(10-8-14)36-19(39)12-37-27-24(44-28(37)42)20(17-5-2-6-18(31)22(17)32)21-23(43-27)26(41)38(25(21)40)16-4-1-3-13(11-16)29(33,34)35/h1-11,20-21,23H,12H2,(H,36,39)/t20-,21?,23?/m1/s1. The molecule has 1 saturated heterocycles. The summed E-state index contributed by atoms with van der Waals surface area (Å²) in [4.78, 5) is 54.7. The number of fused-ring (bicyclic) bond motifs is 2. The van der Waals surface area contributed by atoms with Crippen molar-refractivity contribution in [3.8, 4) is 0 Å². The average molecular weight is 699 g/mol. The van der Waals surface area contributed by atoms with Crippen LogP contribution in [-0.2, 0) is 27.1 Å². The summed E-state index contributed by atoms with van der Waals surface area (Å²) in [5, 5.41) is 2.57. The van der Waals surface area contributed by atoms with Crippen molar-refractivity contribution in [2.45, 2.75) is 28.9 Å². The van der Waals surface area contributed by atoms with Gasteiger partial charge in [-0.15, -0.1) is 0 Å². The summed E-state index contributed by atoms with van der Waals surface area (Å²) in [5.41, 5.74) is -0.445. The van der Waals surface area contributed by atoms with Gasteiger partial charge in [0.15, 0.2) is 0 Å². The van der Waals surface area contributed by atoms with E-state index in [1.165, 1.54) is 16.7 Å². The Labute approximate surface area is 270 Å². The average Bonchev–Trinajstić information content (AvgIpc) is 3.41. The molecule has 3 amide bonds. The van der Waals surface area contributed by atoms with Crippen molar-refractivity contribution in [3.05, 3.63) is 107 Å². The lowest BCUT2D eigenvalue weighted by Gasteiger charge is -2.31. The zero-order valence-electron chi connectivity index (χ0n) is 21.9. The van der Waals surface area contributed by atoms with Gasteiger partial charge in [-0.05, 0) is 54.1 Å². The number of carbonyl (C=O) groups excluding carboxylic acids is 3. The number of thiazole rings is 1. The molecule has 1 fully saturated rings. The number of nitrogens with zero attached hydrogens (tertiary/aromatic N) is 2. The number of imide groups is 1. The van der Waals surface area contributed by atoms with Gasteiger partial charge in [0, 0.05) is 21.5 Å². The second kappa shape index (κ2) is 11.6. The molecule has 0 saturated carbocycles. The Morgan fingerprint density at radius 2 is 1.64 bits per heavy atom. The van der Waals surface area contributed by atoms with Crippen LogP contribution in [0.25, 0.3) is 0 Å². The maximum atomic E-state index is 14.0. The molecule has 3 aromatic carbocycles. The predicted octanol–water partition coefficient (Wildman–Crippen LogP) is 7.32. The van der Waals surface area contributed by atoms with E-state index in [1.54, 1.807) is 36.4 Å². The molecular formula is C29H17Cl3F3N3O4S2. The molecule has 0 radical (unpaired) electrons. The van der Waals surface area contributed by atoms with Crippen molar-refractivity contribution in [2.75, 3.05) is 10.2 Å². The molecule has 15 heteroatoms. The van der Waals surface area contributed by atoms with Gasteiger partial charge in [-0.3, -0.25) is 23.7 Å². The minimum atomic E-state index is -4.70. The zero-order chi connectivity index (χ0) is 31.5. The van der Waals surface area contributed by atoms with Gasteiger partial charge in [0.2, 0.25) is 17.7 Å². The summed E-state index contributed by atoms with van der Waals surface area (Å²) >= 11 is 20.5. The van der Waals surface area contributed by atoms with E-state index in [9.17, 15) is 32.3 Å². The summed E-state index contributed by atoms with van der Waals surface area (Å²) in [5.74, 6) is -4.11. The smallest absolute Gasteiger partial charge is 0.325 e. The first-order chi connectivity index (χ1) is 20.8. The molecular weight excluding hydrogens is 682 g/mol. The first kappa shape index (κ1) is 30.7. The largest absolute Gasteiger partial charge is 0.416 e. The Bertz CT molecular complexity index is 1900. The fourth-order valence-corrected chi connectivity index (χ4v) is 8.62. The Kier molecular flexibility index (Phi) is 8.08. The van der Waals surface area contributed by atoms with Crippen molar-refractivity contribution < 1.29 is 27.6 Å². The van der Waals surface area contributed by atoms with Gasteiger partial charge in [-0.2, -0.15) is 13.2 Å². The van der Waals surface area contributed by atoms with Gasteiger partial charge in [-0.1, -0.05) is 76.1 Å². The number of aromatic nitrogens is 1. The third kappa shape index (κ3) is 5.43. The summed E-state index contributed by atoms with van der Waals surface area (Å²) in [6.07, 6.45) is -4.70. The van der Waals surface area contributed by atoms with E-state index in [0.717, 1.165) is 46.2 Å². The number of anilines is 2. The third-order valence-corrected chi connectivity index (χ3v) is 10.9. The molecule has 0 spiro atoms. The summed E-state index contributed by atoms with van der Waals surface area (Å²) in [6, 6.07) is 15.1. The van der Waals surface area contributed by atoms with Crippen LogP contribution in [0.2, 0.25) is 15.1 Å². The van der Waals surface area contributed by atoms with Crippen molar-refractivity contribution in [1.29, 1.82) is 0 Å². The number of carbonyl (C=O) groups is 3. The number of rotatable bonds is 5. The molecule has 0 bridgehead atoms. The molecule has 2 aliphatic heterocycles. The number of hydrogen-bond acceptors (Lipinski definition) is 6. The second-order valence-electron chi connectivity index (χ2n) is 9.92. The number of benzene rings is 3. The highest BCUT2D eigenvalue weighted by Crippen LogP contribution is 2.55. The van der Waals surface area contributed by atoms with Gasteiger partial charge in [0.25, 0.3) is 0 Å². The fourth-order valence-electron chi connectivity index (χ4n) is 5.30. The Hall–Kier alpha value is -3.29. The van der Waals surface area contributed by atoms with Crippen LogP contribution in [0.1, 0.15) is 21.9 Å². The van der Waals surface area contributed by atoms with Crippen molar-refractivity contribution >= 4 is 87.0 Å². The minimum Gasteiger partial charge on any atom is -0.325 e. The van der Waals surface area contributed by atoms with Crippen LogP contribution >= 0.6 is 57.9 Å². The zero-order valence-corrected chi connectivity index (χ0v) is 25.8. The van der Waals surface area contributed by atoms with E-state index in [4.69, 9.17) is 34.8 Å². The number of hydrogen-bond donors (Lipinski definition) is 1. The normalized spacial score (nSPS) is 19.6. The second-order valence-corrected chi connectivity index (χ2v) is 13.3. The lowest BCUT2D eigenvalue weighted by Crippen LogP contribution is -2.33. The molecule has 226 valence electrons. The Morgan fingerprint density at radius 3 is 2.34 bits per heavy atom. The first-order valence-corrected chi connectivity index (χ1v) is 15.6. The van der Waals surface area contributed by atoms with Gasteiger partial charge in [0.1, 0.15) is 11.8 Å². The van der Waals surface area contributed by atoms with Crippen molar-refractivity contribution in [3.63, 3.8) is 0 Å². The van der Waals surface area contributed by atoms with Crippen LogP contribution in [0, 0.1) is 5.92 Å². The SMILES string of the molecule is O=C(Cn1c2c(sc1=O)[C@H](c1cccc(Cl)c1Cl)C1C(=O)N(c3cccc(C(F)(F)F)c3)C(=O)C1S2)Nc1ccc(Cl)cc1. The Balaban J connectivity index is 1.43. The molecule has 2 aliphatic rings. The minimum absolute atomic E-state index is 0.0985. The van der Waals surface area contributed by atoms with E-state index >= 15 is 0 Å². The number of amides is 3. The predicted molar refractivity (Wildman–Crippen MR) is 164 cm³/mol. The highest BCUT2D eigenvalue weighted by Gasteiger charge is 2.57. The van der Waals surface area contributed by atoms with Crippen LogP contribution in [0.15, 0.2) is 76.6 Å². The summed E-state index contributed by atoms with van der Waals surface area (Å²) in [6.45, 7) is -0.410. The van der Waals surface area contributed by atoms with Gasteiger partial charge in [0.05, 0.1) is 32.2 Å². The summed E-state index contributed by atoms with van der Waals surface area (Å²) < 4.78 is 41.7. The van der Waals surface area contributed by atoms with E-state index in [2.05, 4.69) is 5.32 Å². The number of halogens is 6. The van der Waals surface area contributed by atoms with Crippen LogP contribution in [0.3, 0.4) is 0 Å². The maximum absolute atomic E-state index is 14.0. The first-order valence-electron chi connectivity index (χ1n) is 12.8. The van der Waals surface area contributed by atoms with E-state index in [-0.39, 0.29) is 20.8 Å². The molecule has 2 unspecified atom stereocenters. The number of nitrogens with one attached hydrogen (secondary N) is 1. The molecule has 0 aliphatic carbocycles. The number of alkyl halides is 3. The molecule has 4 aromatic rings. The maximum Gasteiger partial charge on any atom is 0.416 e. The number of thioether (sulfide) groups is 1. The van der Waals surface area contributed by atoms with Crippen molar-refractivity contribution in [2.24, 2.45) is 5.92 Å². The lowest BCUT2D eigenvalue weighted by atomic mass is 9.83. The van der Waals surface area contributed by atoms with E-state index < -0.39 is 58.0 Å². The van der Waals surface area contributed by atoms with E-state index in [0.29, 0.717) is 21.2 Å². The molecule has 6 rings (SSSR count). The highest BCUT2D eigenvalue weighted by molar-refractivity contribution is 8.00. The Morgan fingerprint density at radius 1 is 0.932 bits per heavy atom. The molecule has 7 nitrogen and oxygen atoms in total. The van der Waals surface area contributed by atoms with Gasteiger partial charge >= 0.3 is 11.0 Å². The quantitative estimate of drug-likeness (QED) is 0.221. The fraction of sp³-hybridized carbons (Fsp3) is 0.172. The van der Waals surface area contributed by atoms with Crippen LogP contribution < -0.4 is 15.1 Å². The lowest BCUT2D eigenvalue weighted by molar-refractivity contribution is -0.137. The van der Waals surface area contributed by atoms with E-state index in [1.807, 2.05) is 0 Å². The van der Waals surface area contributed by atoms with Crippen LogP contribution in [0.5, 0.6) is 0 Å². The summed E-state index contributed by atoms with van der Waals surface area (Å²) in [7, 11) is 0. The molecule has 3 heterocycles. The third-order valence-electron chi connectivity index (χ3n) is 7.23. The van der Waals surface area contributed by atoms with Gasteiger partial charge < -0.3 is 5.32 Å². The monoisotopic (exact) mass is 697 g/mol. The molecule has 3 atom stereocenters. The topological polar surface area (TPSA) is 88.5 Å².